The van der Waals surface area contributed by atoms with Gasteiger partial charge >= 0.3 is 0 Å². The van der Waals surface area contributed by atoms with Crippen molar-refractivity contribution in [3.8, 4) is 16.9 Å². The van der Waals surface area contributed by atoms with Crippen LogP contribution in [0.1, 0.15) is 36.2 Å². The Bertz CT molecular complexity index is 1120. The van der Waals surface area contributed by atoms with Crippen LogP contribution in [0.5, 0.6) is 5.75 Å². The van der Waals surface area contributed by atoms with Gasteiger partial charge in [-0.05, 0) is 63.1 Å². The molecule has 2 heterocycles. The molecule has 1 aromatic carbocycles. The van der Waals surface area contributed by atoms with E-state index in [0.717, 1.165) is 66.5 Å². The van der Waals surface area contributed by atoms with Crippen molar-refractivity contribution in [3.63, 3.8) is 0 Å². The maximum Gasteiger partial charge on any atom is 0.165 e. The summed E-state index contributed by atoms with van der Waals surface area (Å²) >= 11 is 6.67. The molecule has 0 unspecified atom stereocenters. The molecule has 0 atom stereocenters. The molecule has 2 aliphatic carbocycles. The summed E-state index contributed by atoms with van der Waals surface area (Å²) in [6.45, 7) is 4.64. The second-order valence-electron chi connectivity index (χ2n) is 8.64. The second kappa shape index (κ2) is 8.32. The second-order valence-corrected chi connectivity index (χ2v) is 9.05. The predicted octanol–water partition coefficient (Wildman–Crippen LogP) is 4.72. The molecule has 1 fully saturated rings. The van der Waals surface area contributed by atoms with Crippen molar-refractivity contribution in [1.82, 2.24) is 14.6 Å². The van der Waals surface area contributed by atoms with Crippen molar-refractivity contribution in [2.75, 3.05) is 38.8 Å². The smallest absolute Gasteiger partial charge is 0.165 e. The van der Waals surface area contributed by atoms with Crippen LogP contribution in [0.4, 0.5) is 5.82 Å². The minimum absolute atomic E-state index is 0.649. The normalized spacial score (nSPS) is 15.5. The molecule has 31 heavy (non-hydrogen) atoms. The van der Waals surface area contributed by atoms with E-state index in [2.05, 4.69) is 9.42 Å². The molecule has 5 rings (SSSR count). The van der Waals surface area contributed by atoms with E-state index >= 15 is 0 Å². The van der Waals surface area contributed by atoms with Crippen LogP contribution in [0.2, 0.25) is 5.02 Å². The lowest BCUT2D eigenvalue weighted by atomic mass is 10.1. The Kier molecular flexibility index (Phi) is 5.52. The number of rotatable bonds is 8. The van der Waals surface area contributed by atoms with Gasteiger partial charge in [0.2, 0.25) is 0 Å². The van der Waals surface area contributed by atoms with Gasteiger partial charge in [0, 0.05) is 37.0 Å². The van der Waals surface area contributed by atoms with Gasteiger partial charge in [0.15, 0.2) is 5.65 Å². The van der Waals surface area contributed by atoms with E-state index in [4.69, 9.17) is 31.2 Å². The van der Waals surface area contributed by atoms with Crippen LogP contribution >= 0.6 is 11.6 Å². The van der Waals surface area contributed by atoms with Crippen LogP contribution in [0.3, 0.4) is 0 Å². The van der Waals surface area contributed by atoms with E-state index in [-0.39, 0.29) is 0 Å². The van der Waals surface area contributed by atoms with Gasteiger partial charge in [-0.2, -0.15) is 9.61 Å². The molecule has 0 saturated heterocycles. The third-order valence-corrected chi connectivity index (χ3v) is 6.73. The summed E-state index contributed by atoms with van der Waals surface area (Å²) in [4.78, 5) is 7.59. The van der Waals surface area contributed by atoms with Gasteiger partial charge in [-0.1, -0.05) is 11.6 Å². The van der Waals surface area contributed by atoms with Gasteiger partial charge in [-0.3, -0.25) is 0 Å². The first-order valence-corrected chi connectivity index (χ1v) is 11.5. The molecule has 0 radical (unpaired) electrons. The first kappa shape index (κ1) is 20.6. The zero-order chi connectivity index (χ0) is 21.5. The Morgan fingerprint density at radius 2 is 2.06 bits per heavy atom. The van der Waals surface area contributed by atoms with Crippen molar-refractivity contribution in [2.24, 2.45) is 5.92 Å². The van der Waals surface area contributed by atoms with E-state index in [0.29, 0.717) is 11.6 Å². The molecular weight excluding hydrogens is 412 g/mol. The number of anilines is 1. The molecule has 0 aliphatic heterocycles. The standard InChI is InChI=1S/C24H29ClN4O2/c1-15-22(18-10-9-17(31-3)13-20(18)25)23-26-21-6-4-5-19(21)24(29(23)27-15)28(11-12-30-2)14-16-7-8-16/h9-10,13,16H,4-8,11-12,14H2,1-3H3. The molecular formula is C24H29ClN4O2. The highest BCUT2D eigenvalue weighted by molar-refractivity contribution is 6.33. The minimum atomic E-state index is 0.649. The van der Waals surface area contributed by atoms with Crippen molar-refractivity contribution < 1.29 is 9.47 Å². The summed E-state index contributed by atoms with van der Waals surface area (Å²) in [5.41, 5.74) is 6.31. The average Bonchev–Trinajstić information content (AvgIpc) is 3.36. The van der Waals surface area contributed by atoms with Crippen LogP contribution in [-0.4, -0.2) is 48.5 Å². The monoisotopic (exact) mass is 440 g/mol. The van der Waals surface area contributed by atoms with Crippen molar-refractivity contribution in [2.45, 2.75) is 39.0 Å². The van der Waals surface area contributed by atoms with Gasteiger partial charge < -0.3 is 14.4 Å². The Labute approximate surface area is 188 Å². The summed E-state index contributed by atoms with van der Waals surface area (Å²) in [6, 6.07) is 5.80. The van der Waals surface area contributed by atoms with Crippen LogP contribution in [0.25, 0.3) is 16.8 Å². The van der Waals surface area contributed by atoms with E-state index in [1.807, 2.05) is 25.1 Å². The van der Waals surface area contributed by atoms with Crippen molar-refractivity contribution in [1.29, 1.82) is 0 Å². The number of ether oxygens (including phenoxy) is 2. The molecule has 6 nitrogen and oxygen atoms in total. The van der Waals surface area contributed by atoms with Gasteiger partial charge in [0.05, 0.1) is 30.0 Å². The molecule has 3 aromatic rings. The van der Waals surface area contributed by atoms with Gasteiger partial charge in [-0.15, -0.1) is 0 Å². The number of benzene rings is 1. The lowest BCUT2D eigenvalue weighted by Crippen LogP contribution is -2.32. The van der Waals surface area contributed by atoms with Crippen LogP contribution in [0, 0.1) is 12.8 Å². The van der Waals surface area contributed by atoms with Gasteiger partial charge in [0.25, 0.3) is 0 Å². The number of nitrogens with zero attached hydrogens (tertiary/aromatic N) is 4. The summed E-state index contributed by atoms with van der Waals surface area (Å²) in [6.07, 6.45) is 5.83. The first-order chi connectivity index (χ1) is 15.1. The average molecular weight is 441 g/mol. The fourth-order valence-electron chi connectivity index (χ4n) is 4.68. The molecule has 0 N–H and O–H groups in total. The van der Waals surface area contributed by atoms with Crippen molar-refractivity contribution in [3.05, 3.63) is 40.2 Å². The fourth-order valence-corrected chi connectivity index (χ4v) is 4.94. The Morgan fingerprint density at radius 3 is 2.77 bits per heavy atom. The number of aromatic nitrogens is 3. The lowest BCUT2D eigenvalue weighted by molar-refractivity contribution is 0.204. The minimum Gasteiger partial charge on any atom is -0.497 e. The van der Waals surface area contributed by atoms with Crippen LogP contribution in [0.15, 0.2) is 18.2 Å². The van der Waals surface area contributed by atoms with Crippen LogP contribution in [-0.2, 0) is 17.6 Å². The van der Waals surface area contributed by atoms with E-state index in [1.165, 1.54) is 29.9 Å². The quantitative estimate of drug-likeness (QED) is 0.507. The topological polar surface area (TPSA) is 51.9 Å². The number of aryl methyl sites for hydroxylation is 2. The number of fused-ring (bicyclic) bond motifs is 2. The Morgan fingerprint density at radius 1 is 1.23 bits per heavy atom. The number of halogens is 1. The highest BCUT2D eigenvalue weighted by Gasteiger charge is 2.31. The third-order valence-electron chi connectivity index (χ3n) is 6.42. The molecule has 0 amide bonds. The third kappa shape index (κ3) is 3.76. The summed E-state index contributed by atoms with van der Waals surface area (Å²) in [5.74, 6) is 2.71. The largest absolute Gasteiger partial charge is 0.497 e. The summed E-state index contributed by atoms with van der Waals surface area (Å²) < 4.78 is 12.8. The first-order valence-electron chi connectivity index (χ1n) is 11.1. The number of methoxy groups -OCH3 is 2. The van der Waals surface area contributed by atoms with E-state index in [1.54, 1.807) is 14.2 Å². The van der Waals surface area contributed by atoms with Gasteiger partial charge in [-0.25, -0.2) is 4.98 Å². The van der Waals surface area contributed by atoms with E-state index < -0.39 is 0 Å². The molecule has 1 saturated carbocycles. The molecule has 0 spiro atoms. The zero-order valence-electron chi connectivity index (χ0n) is 18.4. The predicted molar refractivity (Wildman–Crippen MR) is 124 cm³/mol. The zero-order valence-corrected chi connectivity index (χ0v) is 19.2. The molecule has 2 aliphatic rings. The molecule has 0 bridgehead atoms. The maximum absolute atomic E-state index is 6.67. The van der Waals surface area contributed by atoms with Crippen LogP contribution < -0.4 is 9.64 Å². The Hall–Kier alpha value is -2.31. The highest BCUT2D eigenvalue weighted by Crippen LogP contribution is 2.40. The van der Waals surface area contributed by atoms with Gasteiger partial charge in [0.1, 0.15) is 11.6 Å². The number of hydrogen-bond donors (Lipinski definition) is 0. The molecule has 7 heteroatoms. The SMILES string of the molecule is COCCN(CC1CC1)c1c2c(nc3c(-c4ccc(OC)cc4Cl)c(C)nn13)CCC2. The van der Waals surface area contributed by atoms with E-state index in [9.17, 15) is 0 Å². The number of hydrogen-bond acceptors (Lipinski definition) is 5. The summed E-state index contributed by atoms with van der Waals surface area (Å²) in [5, 5.41) is 5.64. The summed E-state index contributed by atoms with van der Waals surface area (Å²) in [7, 11) is 3.42. The van der Waals surface area contributed by atoms with Crippen molar-refractivity contribution >= 4 is 23.1 Å². The molecule has 2 aromatic heterocycles. The Balaban J connectivity index is 1.70. The maximum atomic E-state index is 6.67. The highest BCUT2D eigenvalue weighted by atomic mass is 35.5. The lowest BCUT2D eigenvalue weighted by Gasteiger charge is -2.27. The molecule has 164 valence electrons. The fraction of sp³-hybridized carbons (Fsp3) is 0.500.